The smallest absolute Gasteiger partial charge is 0.227 e. The zero-order valence-electron chi connectivity index (χ0n) is 12.9. The number of aromatic nitrogens is 4. The van der Waals surface area contributed by atoms with Gasteiger partial charge in [-0.1, -0.05) is 38.8 Å². The summed E-state index contributed by atoms with van der Waals surface area (Å²) >= 11 is 4.22. The molecule has 1 amide bonds. The van der Waals surface area contributed by atoms with Gasteiger partial charge in [0.1, 0.15) is 0 Å². The second-order valence-corrected chi connectivity index (χ2v) is 5.54. The van der Waals surface area contributed by atoms with Gasteiger partial charge in [-0.15, -0.1) is 17.7 Å². The number of nitrogens with zero attached hydrogens (tertiary/aromatic N) is 4. The summed E-state index contributed by atoms with van der Waals surface area (Å²) in [6, 6.07) is 7.43. The Bertz CT molecular complexity index is 628. The van der Waals surface area contributed by atoms with Crippen LogP contribution < -0.4 is 5.32 Å². The number of anilines is 1. The highest BCUT2D eigenvalue weighted by molar-refractivity contribution is 7.80. The second kappa shape index (κ2) is 7.93. The Labute approximate surface area is 135 Å². The quantitative estimate of drug-likeness (QED) is 0.769. The van der Waals surface area contributed by atoms with E-state index in [4.69, 9.17) is 0 Å². The number of nitrogens with one attached hydrogen (secondary N) is 1. The fourth-order valence-corrected chi connectivity index (χ4v) is 2.50. The van der Waals surface area contributed by atoms with Crippen molar-refractivity contribution in [1.29, 1.82) is 0 Å². The predicted octanol–water partition coefficient (Wildman–Crippen LogP) is 3.11. The molecule has 0 aliphatic carbocycles. The van der Waals surface area contributed by atoms with E-state index in [9.17, 15) is 4.79 Å². The number of carbonyl (C=O) groups excluding carboxylic acids is 1. The van der Waals surface area contributed by atoms with Crippen molar-refractivity contribution in [1.82, 2.24) is 20.2 Å². The lowest BCUT2D eigenvalue weighted by molar-refractivity contribution is -0.120. The van der Waals surface area contributed by atoms with E-state index in [1.165, 1.54) is 4.68 Å². The van der Waals surface area contributed by atoms with Crippen molar-refractivity contribution in [2.45, 2.75) is 44.7 Å². The fourth-order valence-electron chi connectivity index (χ4n) is 2.31. The van der Waals surface area contributed by atoms with Gasteiger partial charge in [-0.3, -0.25) is 4.79 Å². The van der Waals surface area contributed by atoms with Gasteiger partial charge in [0, 0.05) is 5.92 Å². The van der Waals surface area contributed by atoms with E-state index in [1.807, 2.05) is 31.2 Å². The molecule has 0 aliphatic rings. The molecule has 0 saturated carbocycles. The Hall–Kier alpha value is -1.89. The highest BCUT2D eigenvalue weighted by Gasteiger charge is 2.18. The molecule has 22 heavy (non-hydrogen) atoms. The number of para-hydroxylation sites is 2. The first kappa shape index (κ1) is 16.5. The first-order valence-corrected chi connectivity index (χ1v) is 7.99. The van der Waals surface area contributed by atoms with Gasteiger partial charge in [0.15, 0.2) is 0 Å². The minimum Gasteiger partial charge on any atom is -0.324 e. The molecule has 2 aromatic rings. The predicted molar refractivity (Wildman–Crippen MR) is 88.3 cm³/mol. The molecule has 0 aliphatic heterocycles. The van der Waals surface area contributed by atoms with Crippen LogP contribution in [0.2, 0.25) is 0 Å². The Morgan fingerprint density at radius 3 is 2.77 bits per heavy atom. The number of unbranched alkanes of at least 4 members (excludes halogenated alkanes) is 1. The number of hydrogen-bond acceptors (Lipinski definition) is 5. The number of amides is 1. The van der Waals surface area contributed by atoms with Crippen LogP contribution in [-0.4, -0.2) is 26.1 Å². The van der Waals surface area contributed by atoms with E-state index >= 15 is 0 Å². The Morgan fingerprint density at radius 1 is 1.36 bits per heavy atom. The first-order chi connectivity index (χ1) is 10.7. The third kappa shape index (κ3) is 3.85. The molecule has 7 heteroatoms. The molecule has 1 aromatic carbocycles. The van der Waals surface area contributed by atoms with Gasteiger partial charge in [0.2, 0.25) is 11.1 Å². The SMILES string of the molecule is CCCCC(CC)C(=O)Nc1ccccc1-n1nnnc1S. The molecular formula is C15H21N5OS. The standard InChI is InChI=1S/C15H21N5OS/c1-3-5-8-11(4-2)14(21)16-12-9-6-7-10-13(12)20-15(22)17-18-19-20/h6-7,9-11H,3-5,8H2,1-2H3,(H,16,21)(H,17,19,22). The van der Waals surface area contributed by atoms with Crippen LogP contribution in [0.25, 0.3) is 5.69 Å². The van der Waals surface area contributed by atoms with Crippen LogP contribution in [0.1, 0.15) is 39.5 Å². The van der Waals surface area contributed by atoms with E-state index < -0.39 is 0 Å². The van der Waals surface area contributed by atoms with Crippen LogP contribution in [0.3, 0.4) is 0 Å². The molecule has 6 nitrogen and oxygen atoms in total. The third-order valence-electron chi connectivity index (χ3n) is 3.61. The molecule has 1 heterocycles. The largest absolute Gasteiger partial charge is 0.324 e. The van der Waals surface area contributed by atoms with Crippen molar-refractivity contribution < 1.29 is 4.79 Å². The zero-order valence-corrected chi connectivity index (χ0v) is 13.8. The second-order valence-electron chi connectivity index (χ2n) is 5.14. The normalized spacial score (nSPS) is 12.1. The molecule has 1 N–H and O–H groups in total. The average molecular weight is 319 g/mol. The topological polar surface area (TPSA) is 72.7 Å². The van der Waals surface area contributed by atoms with Crippen molar-refractivity contribution >= 4 is 24.2 Å². The van der Waals surface area contributed by atoms with Crippen molar-refractivity contribution in [2.24, 2.45) is 5.92 Å². The average Bonchev–Trinajstić information content (AvgIpc) is 2.94. The Kier molecular flexibility index (Phi) is 5.94. The molecule has 0 bridgehead atoms. The van der Waals surface area contributed by atoms with Crippen LogP contribution in [-0.2, 0) is 4.79 Å². The van der Waals surface area contributed by atoms with Gasteiger partial charge < -0.3 is 5.32 Å². The van der Waals surface area contributed by atoms with E-state index in [1.54, 1.807) is 0 Å². The summed E-state index contributed by atoms with van der Waals surface area (Å²) in [6.45, 7) is 4.17. The lowest BCUT2D eigenvalue weighted by Gasteiger charge is -2.16. The van der Waals surface area contributed by atoms with Crippen LogP contribution >= 0.6 is 12.6 Å². The summed E-state index contributed by atoms with van der Waals surface area (Å²) in [5.74, 6) is 0.0644. The maximum absolute atomic E-state index is 12.5. The minimum absolute atomic E-state index is 0.0253. The molecule has 2 rings (SSSR count). The van der Waals surface area contributed by atoms with Crippen molar-refractivity contribution in [3.8, 4) is 5.69 Å². The Balaban J connectivity index is 2.20. The molecule has 0 spiro atoms. The zero-order chi connectivity index (χ0) is 15.9. The minimum atomic E-state index is 0.0253. The lowest BCUT2D eigenvalue weighted by Crippen LogP contribution is -2.23. The molecule has 1 unspecified atom stereocenters. The van der Waals surface area contributed by atoms with Gasteiger partial charge in [-0.2, -0.15) is 4.68 Å². The van der Waals surface area contributed by atoms with Gasteiger partial charge in [-0.05, 0) is 35.4 Å². The summed E-state index contributed by atoms with van der Waals surface area (Å²) in [5, 5.41) is 14.6. The maximum Gasteiger partial charge on any atom is 0.227 e. The van der Waals surface area contributed by atoms with Crippen molar-refractivity contribution in [3.05, 3.63) is 24.3 Å². The fraction of sp³-hybridized carbons (Fsp3) is 0.467. The monoisotopic (exact) mass is 319 g/mol. The van der Waals surface area contributed by atoms with E-state index in [-0.39, 0.29) is 11.8 Å². The van der Waals surface area contributed by atoms with Crippen LogP contribution in [0.15, 0.2) is 29.4 Å². The number of thiol groups is 1. The van der Waals surface area contributed by atoms with Gasteiger partial charge in [0.25, 0.3) is 0 Å². The van der Waals surface area contributed by atoms with Gasteiger partial charge in [-0.25, -0.2) is 0 Å². The molecule has 1 aromatic heterocycles. The lowest BCUT2D eigenvalue weighted by atomic mass is 9.98. The third-order valence-corrected chi connectivity index (χ3v) is 3.89. The maximum atomic E-state index is 12.5. The molecule has 1 atom stereocenters. The Morgan fingerprint density at radius 2 is 2.14 bits per heavy atom. The molecular weight excluding hydrogens is 298 g/mol. The van der Waals surface area contributed by atoms with E-state index in [2.05, 4.69) is 40.4 Å². The van der Waals surface area contributed by atoms with Crippen LogP contribution in [0.4, 0.5) is 5.69 Å². The highest BCUT2D eigenvalue weighted by Crippen LogP contribution is 2.23. The summed E-state index contributed by atoms with van der Waals surface area (Å²) in [5.41, 5.74) is 1.39. The van der Waals surface area contributed by atoms with Crippen molar-refractivity contribution in [2.75, 3.05) is 5.32 Å². The summed E-state index contributed by atoms with van der Waals surface area (Å²) in [4.78, 5) is 12.5. The summed E-state index contributed by atoms with van der Waals surface area (Å²) in [7, 11) is 0. The molecule has 0 fully saturated rings. The van der Waals surface area contributed by atoms with Gasteiger partial charge >= 0.3 is 0 Å². The number of rotatable bonds is 7. The van der Waals surface area contributed by atoms with Crippen molar-refractivity contribution in [3.63, 3.8) is 0 Å². The number of hydrogen-bond donors (Lipinski definition) is 2. The number of tetrazole rings is 1. The molecule has 0 radical (unpaired) electrons. The van der Waals surface area contributed by atoms with E-state index in [0.717, 1.165) is 25.7 Å². The summed E-state index contributed by atoms with van der Waals surface area (Å²) < 4.78 is 1.49. The first-order valence-electron chi connectivity index (χ1n) is 7.55. The molecule has 0 saturated heterocycles. The molecule has 118 valence electrons. The van der Waals surface area contributed by atoms with Gasteiger partial charge in [0.05, 0.1) is 11.4 Å². The van der Waals surface area contributed by atoms with Crippen LogP contribution in [0.5, 0.6) is 0 Å². The number of carbonyl (C=O) groups is 1. The summed E-state index contributed by atoms with van der Waals surface area (Å²) in [6.07, 6.45) is 3.88. The van der Waals surface area contributed by atoms with E-state index in [0.29, 0.717) is 16.5 Å². The van der Waals surface area contributed by atoms with Crippen LogP contribution in [0, 0.1) is 5.92 Å². The number of benzene rings is 1. The highest BCUT2D eigenvalue weighted by atomic mass is 32.1.